The summed E-state index contributed by atoms with van der Waals surface area (Å²) >= 11 is 0. The molecule has 0 aliphatic rings. The van der Waals surface area contributed by atoms with Gasteiger partial charge in [-0.05, 0) is 201 Å². The zero-order valence-corrected chi connectivity index (χ0v) is 66.4. The minimum absolute atomic E-state index is 0.157. The molecule has 0 nitrogen and oxygen atoms in total. The van der Waals surface area contributed by atoms with Gasteiger partial charge in [0, 0.05) is 0 Å². The maximum Gasteiger partial charge on any atom is 0.107 e. The third-order valence-corrected chi connectivity index (χ3v) is 19.4. The Morgan fingerprint density at radius 2 is 0.213 bits per heavy atom. The summed E-state index contributed by atoms with van der Waals surface area (Å²) in [5.74, 6) is 28.9. The van der Waals surface area contributed by atoms with Crippen LogP contribution in [0.5, 0.6) is 0 Å². The average molecular weight is 1260 g/mol. The van der Waals surface area contributed by atoms with Gasteiger partial charge in [0.05, 0.1) is 0 Å². The summed E-state index contributed by atoms with van der Waals surface area (Å²) in [6.45, 7) is 84.1. The van der Waals surface area contributed by atoms with Crippen LogP contribution in [-0.2, 0) is 75.8 Å². The molecular formula is C94H126. The average Bonchev–Trinajstić information content (AvgIpc) is 0.731. The highest BCUT2D eigenvalue weighted by Gasteiger charge is 2.43. The van der Waals surface area contributed by atoms with Crippen LogP contribution in [0.2, 0.25) is 0 Å². The van der Waals surface area contributed by atoms with Gasteiger partial charge in [0.15, 0.2) is 0 Å². The Hall–Kier alpha value is -6.44. The van der Waals surface area contributed by atoms with Crippen LogP contribution in [0.4, 0.5) is 0 Å². The van der Waals surface area contributed by atoms with Crippen molar-refractivity contribution in [3.8, 4) is 47.4 Å². The van der Waals surface area contributed by atoms with E-state index in [4.69, 9.17) is 0 Å². The van der Waals surface area contributed by atoms with Gasteiger partial charge in [-0.1, -0.05) is 370 Å². The number of hydrogen-bond donors (Lipinski definition) is 0. The van der Waals surface area contributed by atoms with E-state index in [1.165, 1.54) is 66.8 Å². The molecule has 0 saturated carbocycles. The number of hydrogen-bond acceptors (Lipinski definition) is 0. The second kappa shape index (κ2) is 25.5. The molecule has 0 heteroatoms. The largest absolute Gasteiger partial charge is 0.107 e. The van der Waals surface area contributed by atoms with Crippen molar-refractivity contribution in [2.45, 2.75) is 325 Å². The zero-order valence-electron chi connectivity index (χ0n) is 66.4. The minimum Gasteiger partial charge on any atom is -0.0677 e. The van der Waals surface area contributed by atoms with Crippen molar-refractivity contribution in [2.24, 2.45) is 0 Å². The van der Waals surface area contributed by atoms with Crippen LogP contribution < -0.4 is 0 Å². The van der Waals surface area contributed by atoms with E-state index in [1.807, 2.05) is 0 Å². The second-order valence-corrected chi connectivity index (χ2v) is 40.3. The molecule has 0 bridgehead atoms. The molecule has 0 atom stereocenters. The monoisotopic (exact) mass is 1250 g/mol. The molecule has 502 valence electrons. The maximum atomic E-state index is 4.11. The topological polar surface area (TPSA) is 0 Å². The Morgan fingerprint density at radius 3 is 0.309 bits per heavy atom. The summed E-state index contributed by atoms with van der Waals surface area (Å²) in [7, 11) is 0. The smallest absolute Gasteiger partial charge is 0.0677 e. The normalized spacial score (nSPS) is 13.6. The lowest BCUT2D eigenvalue weighted by Gasteiger charge is -2.38. The lowest BCUT2D eigenvalue weighted by molar-refractivity contribution is 0.556. The van der Waals surface area contributed by atoms with Crippen molar-refractivity contribution < 1.29 is 0 Å². The lowest BCUT2D eigenvalue weighted by Crippen LogP contribution is -2.32. The highest BCUT2D eigenvalue weighted by Crippen LogP contribution is 2.50. The first-order chi connectivity index (χ1) is 42.1. The van der Waals surface area contributed by atoms with Gasteiger partial charge in [-0.25, -0.2) is 0 Å². The first-order valence-electron chi connectivity index (χ1n) is 35.1. The van der Waals surface area contributed by atoms with E-state index in [0.29, 0.717) is 0 Å². The highest BCUT2D eigenvalue weighted by molar-refractivity contribution is 5.67. The Kier molecular flexibility index (Phi) is 20.8. The van der Waals surface area contributed by atoms with Crippen molar-refractivity contribution in [1.82, 2.24) is 0 Å². The molecule has 0 spiro atoms. The Morgan fingerprint density at radius 1 is 0.128 bits per heavy atom. The number of rotatable bonds is 6. The number of benzene rings is 6. The fourth-order valence-corrected chi connectivity index (χ4v) is 12.1. The molecular weight excluding hydrogens is 1130 g/mol. The van der Waals surface area contributed by atoms with E-state index >= 15 is 0 Å². The van der Waals surface area contributed by atoms with Crippen LogP contribution in [-0.4, -0.2) is 0 Å². The first-order valence-corrected chi connectivity index (χ1v) is 35.1. The summed E-state index contributed by atoms with van der Waals surface area (Å²) in [6, 6.07) is 44.2. The van der Waals surface area contributed by atoms with E-state index in [0.717, 1.165) is 33.4 Å². The molecule has 0 aliphatic heterocycles. The summed E-state index contributed by atoms with van der Waals surface area (Å²) in [5.41, 5.74) is 18.3. The summed E-state index contributed by atoms with van der Waals surface area (Å²) < 4.78 is 0. The van der Waals surface area contributed by atoms with Crippen molar-refractivity contribution in [2.75, 3.05) is 0 Å². The van der Waals surface area contributed by atoms with Gasteiger partial charge in [0.25, 0.3) is 0 Å². The SMILES string of the molecule is CC(C)(C)c1cc(C(C)(C)C)cc(C(C#CC#CC#CC#CC(c2cc(C(C)(C)C)cc(C(C)(C)C)c2)(c2cc(C(C)(C)C)cc(C(C)(C)C)c2)c2cc(C(C)(C)C)cc(C(C)(C)C)c2)(c2cc(C(C)(C)C)cc(C(C)(C)C)c2)c2cc(C(C)(C)C)cc(C(C)(C)C)c2)c1. The van der Waals surface area contributed by atoms with Gasteiger partial charge in [0.2, 0.25) is 0 Å². The fraction of sp³-hybridized carbons (Fsp3) is 0.532. The van der Waals surface area contributed by atoms with E-state index < -0.39 is 10.8 Å². The minimum atomic E-state index is -0.986. The van der Waals surface area contributed by atoms with Crippen LogP contribution >= 0.6 is 0 Å². The molecule has 6 rings (SSSR count). The highest BCUT2D eigenvalue weighted by atomic mass is 14.4. The van der Waals surface area contributed by atoms with Crippen LogP contribution in [0.15, 0.2) is 109 Å². The molecule has 0 heterocycles. The molecule has 0 amide bonds. The second-order valence-electron chi connectivity index (χ2n) is 40.3. The molecule has 6 aromatic rings. The van der Waals surface area contributed by atoms with Crippen molar-refractivity contribution in [1.29, 1.82) is 0 Å². The maximum absolute atomic E-state index is 4.11. The molecule has 0 radical (unpaired) electrons. The quantitative estimate of drug-likeness (QED) is 0.115. The van der Waals surface area contributed by atoms with E-state index in [-0.39, 0.29) is 65.0 Å². The molecule has 0 unspecified atom stereocenters. The van der Waals surface area contributed by atoms with Gasteiger partial charge in [0.1, 0.15) is 10.8 Å². The molecule has 6 aromatic carbocycles. The van der Waals surface area contributed by atoms with Crippen molar-refractivity contribution in [3.63, 3.8) is 0 Å². The molecule has 0 N–H and O–H groups in total. The lowest BCUT2D eigenvalue weighted by atomic mass is 9.64. The Bertz CT molecular complexity index is 3220. The molecule has 0 fully saturated rings. The standard InChI is InChI=1S/C94H126/c1-81(2,3)63-45-64(82(4,5)6)52-75(51-63)93(76-53-65(83(7,8)9)46-66(54-76)84(10,11)12,77-55-67(85(13,14)15)47-68(56-77)86(16,17)18)43-41-39-37-38-40-42-44-94(78-57-69(87(19,20)21)48-70(58-78)88(22,23)24,79-59-71(89(25,26)27)49-72(60-79)90(28,29)30)80-61-73(91(31,32)33)50-74(62-80)92(34,35)36/h45-62H,1-36H3. The van der Waals surface area contributed by atoms with E-state index in [9.17, 15) is 0 Å². The molecule has 94 heavy (non-hydrogen) atoms. The van der Waals surface area contributed by atoms with Crippen molar-refractivity contribution in [3.05, 3.63) is 209 Å². The molecule has 0 aliphatic carbocycles. The van der Waals surface area contributed by atoms with Gasteiger partial charge < -0.3 is 0 Å². The van der Waals surface area contributed by atoms with Gasteiger partial charge >= 0.3 is 0 Å². The van der Waals surface area contributed by atoms with Crippen LogP contribution in [0.25, 0.3) is 0 Å². The Balaban J connectivity index is 1.90. The van der Waals surface area contributed by atoms with Crippen LogP contribution in [0.3, 0.4) is 0 Å². The first kappa shape index (κ1) is 76.6. The summed E-state index contributed by atoms with van der Waals surface area (Å²) in [6.07, 6.45) is 0. The predicted octanol–water partition coefficient (Wildman–Crippen LogP) is 24.6. The van der Waals surface area contributed by atoms with Gasteiger partial charge in [-0.3, -0.25) is 0 Å². The van der Waals surface area contributed by atoms with Gasteiger partial charge in [-0.15, -0.1) is 0 Å². The third-order valence-electron chi connectivity index (χ3n) is 19.4. The van der Waals surface area contributed by atoms with Crippen LogP contribution in [0, 0.1) is 47.4 Å². The molecule has 0 saturated heterocycles. The van der Waals surface area contributed by atoms with Crippen molar-refractivity contribution >= 4 is 0 Å². The van der Waals surface area contributed by atoms with E-state index in [2.05, 4.69) is 406 Å². The van der Waals surface area contributed by atoms with E-state index in [1.54, 1.807) is 0 Å². The summed E-state index contributed by atoms with van der Waals surface area (Å²) in [5, 5.41) is 0. The molecule has 0 aromatic heterocycles. The fourth-order valence-electron chi connectivity index (χ4n) is 12.1. The van der Waals surface area contributed by atoms with Crippen LogP contribution in [0.1, 0.15) is 349 Å². The third kappa shape index (κ3) is 17.6. The van der Waals surface area contributed by atoms with Gasteiger partial charge in [-0.2, -0.15) is 0 Å². The zero-order chi connectivity index (χ0) is 71.8. The predicted molar refractivity (Wildman–Crippen MR) is 414 cm³/mol. The Labute approximate surface area is 578 Å². The summed E-state index contributed by atoms with van der Waals surface area (Å²) in [4.78, 5) is 0.